The second-order valence-electron chi connectivity index (χ2n) is 5.05. The molecule has 10 nitrogen and oxygen atoms in total. The summed E-state index contributed by atoms with van der Waals surface area (Å²) in [5.41, 5.74) is 1.33. The zero-order valence-corrected chi connectivity index (χ0v) is 15.3. The van der Waals surface area contributed by atoms with Gasteiger partial charge in [-0.05, 0) is 29.5 Å². The Morgan fingerprint density at radius 3 is 2.38 bits per heavy atom. The van der Waals surface area contributed by atoms with E-state index < -0.39 is 0 Å². The van der Waals surface area contributed by atoms with Crippen molar-refractivity contribution < 1.29 is 19.0 Å². The van der Waals surface area contributed by atoms with Crippen molar-refractivity contribution in [3.63, 3.8) is 0 Å². The number of hydrogen-bond acceptors (Lipinski definition) is 9. The smallest absolute Gasteiger partial charge is 0.270 e. The lowest BCUT2D eigenvalue weighted by Gasteiger charge is -2.13. The van der Waals surface area contributed by atoms with Gasteiger partial charge in [-0.1, -0.05) is 5.10 Å². The number of H-pyrrole nitrogens is 1. The topological polar surface area (TPSA) is 124 Å². The molecule has 1 amide bonds. The largest absolute Gasteiger partial charge is 0.493 e. The highest BCUT2D eigenvalue weighted by Gasteiger charge is 2.20. The van der Waals surface area contributed by atoms with E-state index in [1.54, 1.807) is 33.3 Å². The third kappa shape index (κ3) is 3.28. The minimum Gasteiger partial charge on any atom is -0.493 e. The van der Waals surface area contributed by atoms with Gasteiger partial charge >= 0.3 is 0 Å². The van der Waals surface area contributed by atoms with Crippen molar-refractivity contribution in [2.45, 2.75) is 6.92 Å². The average Bonchev–Trinajstić information content (AvgIpc) is 3.29. The monoisotopic (exact) mass is 376 g/mol. The fourth-order valence-electron chi connectivity index (χ4n) is 2.31. The second kappa shape index (κ2) is 7.35. The fourth-order valence-corrected chi connectivity index (χ4v) is 3.26. The van der Waals surface area contributed by atoms with Crippen LogP contribution in [-0.4, -0.2) is 52.8 Å². The van der Waals surface area contributed by atoms with Crippen LogP contribution in [-0.2, 0) is 0 Å². The molecular formula is C15H16N6O4S. The van der Waals surface area contributed by atoms with Crippen LogP contribution in [0.1, 0.15) is 15.4 Å². The Labute approximate surface area is 152 Å². The number of tetrazole rings is 1. The number of aromatic nitrogens is 5. The third-order valence-corrected chi connectivity index (χ3v) is 4.70. The molecule has 3 aromatic rings. The van der Waals surface area contributed by atoms with Crippen LogP contribution >= 0.6 is 11.3 Å². The highest BCUT2D eigenvalue weighted by molar-refractivity contribution is 7.17. The molecule has 0 spiro atoms. The zero-order valence-electron chi connectivity index (χ0n) is 14.5. The maximum absolute atomic E-state index is 12.4. The van der Waals surface area contributed by atoms with Gasteiger partial charge in [0.05, 0.1) is 27.0 Å². The van der Waals surface area contributed by atoms with Gasteiger partial charge in [-0.3, -0.25) is 10.1 Å². The summed E-state index contributed by atoms with van der Waals surface area (Å²) in [6.07, 6.45) is 0. The van der Waals surface area contributed by atoms with Crippen molar-refractivity contribution in [3.8, 4) is 27.8 Å². The van der Waals surface area contributed by atoms with Gasteiger partial charge in [-0.25, -0.2) is 10.1 Å². The van der Waals surface area contributed by atoms with Crippen LogP contribution < -0.4 is 19.5 Å². The first-order valence-corrected chi connectivity index (χ1v) is 8.22. The summed E-state index contributed by atoms with van der Waals surface area (Å²) < 4.78 is 16.0. The number of anilines is 1. The van der Waals surface area contributed by atoms with Crippen LogP contribution in [0, 0.1) is 6.92 Å². The second-order valence-corrected chi connectivity index (χ2v) is 6.05. The zero-order chi connectivity index (χ0) is 18.7. The van der Waals surface area contributed by atoms with E-state index in [-0.39, 0.29) is 11.9 Å². The van der Waals surface area contributed by atoms with E-state index in [4.69, 9.17) is 14.2 Å². The Hall–Kier alpha value is -3.21. The molecule has 2 N–H and O–H groups in total. The lowest BCUT2D eigenvalue weighted by atomic mass is 10.2. The minimum absolute atomic E-state index is 0.164. The number of methoxy groups -OCH3 is 3. The number of aryl methyl sites for hydroxylation is 1. The van der Waals surface area contributed by atoms with Crippen LogP contribution in [0.15, 0.2) is 12.1 Å². The lowest BCUT2D eigenvalue weighted by Crippen LogP contribution is -2.12. The molecule has 2 aromatic heterocycles. The maximum Gasteiger partial charge on any atom is 0.270 e. The number of benzene rings is 1. The SMILES string of the molecule is COc1cc(-c2nc(C)c(C(=O)Nc3nnn[nH]3)s2)cc(OC)c1OC. The molecule has 0 aliphatic rings. The Kier molecular flexibility index (Phi) is 4.98. The molecule has 0 radical (unpaired) electrons. The van der Waals surface area contributed by atoms with E-state index in [1.807, 2.05) is 0 Å². The summed E-state index contributed by atoms with van der Waals surface area (Å²) in [6, 6.07) is 3.56. The van der Waals surface area contributed by atoms with E-state index in [0.29, 0.717) is 32.8 Å². The predicted octanol–water partition coefficient (Wildman–Crippen LogP) is 1.91. The number of hydrogen-bond donors (Lipinski definition) is 2. The van der Waals surface area contributed by atoms with Gasteiger partial charge in [-0.2, -0.15) is 0 Å². The van der Waals surface area contributed by atoms with Crippen molar-refractivity contribution >= 4 is 23.2 Å². The summed E-state index contributed by atoms with van der Waals surface area (Å²) in [5, 5.41) is 16.1. The lowest BCUT2D eigenvalue weighted by molar-refractivity contribution is 0.102. The number of ether oxygens (including phenoxy) is 3. The molecule has 0 bridgehead atoms. The summed E-state index contributed by atoms with van der Waals surface area (Å²) >= 11 is 1.24. The number of thiazole rings is 1. The first-order chi connectivity index (χ1) is 12.6. The Balaban J connectivity index is 1.97. The molecule has 0 atom stereocenters. The molecule has 0 saturated heterocycles. The molecular weight excluding hydrogens is 360 g/mol. The number of aromatic amines is 1. The van der Waals surface area contributed by atoms with Crippen LogP contribution in [0.4, 0.5) is 5.95 Å². The summed E-state index contributed by atoms with van der Waals surface area (Å²) in [6.45, 7) is 1.76. The molecule has 1 aromatic carbocycles. The highest BCUT2D eigenvalue weighted by Crippen LogP contribution is 2.42. The quantitative estimate of drug-likeness (QED) is 0.668. The number of rotatable bonds is 6. The molecule has 0 aliphatic heterocycles. The molecule has 136 valence electrons. The summed E-state index contributed by atoms with van der Waals surface area (Å²) in [4.78, 5) is 17.3. The van der Waals surface area contributed by atoms with E-state index in [9.17, 15) is 4.79 Å². The predicted molar refractivity (Wildman–Crippen MR) is 94.1 cm³/mol. The van der Waals surface area contributed by atoms with E-state index in [2.05, 4.69) is 30.9 Å². The van der Waals surface area contributed by atoms with E-state index >= 15 is 0 Å². The molecule has 2 heterocycles. The van der Waals surface area contributed by atoms with Gasteiger partial charge in [0.25, 0.3) is 5.91 Å². The molecule has 3 rings (SSSR count). The highest BCUT2D eigenvalue weighted by atomic mass is 32.1. The molecule has 0 fully saturated rings. The van der Waals surface area contributed by atoms with Crippen molar-refractivity contribution in [2.75, 3.05) is 26.6 Å². The van der Waals surface area contributed by atoms with Crippen molar-refractivity contribution in [1.82, 2.24) is 25.6 Å². The van der Waals surface area contributed by atoms with Gasteiger partial charge in [0.2, 0.25) is 11.7 Å². The number of nitrogens with zero attached hydrogens (tertiary/aromatic N) is 4. The van der Waals surface area contributed by atoms with Crippen molar-refractivity contribution in [3.05, 3.63) is 22.7 Å². The van der Waals surface area contributed by atoms with Crippen LogP contribution in [0.5, 0.6) is 17.2 Å². The van der Waals surface area contributed by atoms with Gasteiger partial charge in [0, 0.05) is 5.56 Å². The normalized spacial score (nSPS) is 10.5. The number of carbonyl (C=O) groups is 1. The van der Waals surface area contributed by atoms with Crippen LogP contribution in [0.25, 0.3) is 10.6 Å². The summed E-state index contributed by atoms with van der Waals surface area (Å²) in [5.74, 6) is 1.32. The van der Waals surface area contributed by atoms with Gasteiger partial charge in [-0.15, -0.1) is 11.3 Å². The Morgan fingerprint density at radius 2 is 1.85 bits per heavy atom. The van der Waals surface area contributed by atoms with Gasteiger partial charge < -0.3 is 14.2 Å². The van der Waals surface area contributed by atoms with E-state index in [1.165, 1.54) is 18.4 Å². The van der Waals surface area contributed by atoms with Crippen molar-refractivity contribution in [1.29, 1.82) is 0 Å². The van der Waals surface area contributed by atoms with E-state index in [0.717, 1.165) is 5.56 Å². The number of amides is 1. The fraction of sp³-hybridized carbons (Fsp3) is 0.267. The Morgan fingerprint density at radius 1 is 1.15 bits per heavy atom. The number of nitrogens with one attached hydrogen (secondary N) is 2. The number of carbonyl (C=O) groups excluding carboxylic acids is 1. The minimum atomic E-state index is -0.350. The van der Waals surface area contributed by atoms with Crippen molar-refractivity contribution in [2.24, 2.45) is 0 Å². The van der Waals surface area contributed by atoms with Crippen LogP contribution in [0.3, 0.4) is 0 Å². The molecule has 0 aliphatic carbocycles. The average molecular weight is 376 g/mol. The van der Waals surface area contributed by atoms with Gasteiger partial charge in [0.1, 0.15) is 9.88 Å². The standard InChI is InChI=1S/C15H16N6O4S/c1-7-12(13(22)17-15-18-20-21-19-15)26-14(16-7)8-5-9(23-2)11(25-4)10(6-8)24-3/h5-6H,1-4H3,(H2,17,18,19,20,21,22). The maximum atomic E-state index is 12.4. The van der Waals surface area contributed by atoms with Gasteiger partial charge in [0.15, 0.2) is 11.5 Å². The molecule has 26 heavy (non-hydrogen) atoms. The molecule has 11 heteroatoms. The molecule has 0 saturated carbocycles. The van der Waals surface area contributed by atoms with Crippen LogP contribution in [0.2, 0.25) is 0 Å². The third-order valence-electron chi connectivity index (χ3n) is 3.49. The summed E-state index contributed by atoms with van der Waals surface area (Å²) in [7, 11) is 4.62. The molecule has 0 unspecified atom stereocenters. The first-order valence-electron chi connectivity index (χ1n) is 7.40. The Bertz CT molecular complexity index is 899. The first kappa shape index (κ1) is 17.6.